The lowest BCUT2D eigenvalue weighted by molar-refractivity contribution is 0.0877. The second-order valence-corrected chi connectivity index (χ2v) is 10.0. The highest BCUT2D eigenvalue weighted by molar-refractivity contribution is 7.17. The van der Waals surface area contributed by atoms with Gasteiger partial charge in [0.2, 0.25) is 0 Å². The Morgan fingerprint density at radius 3 is 2.69 bits per heavy atom. The predicted molar refractivity (Wildman–Crippen MR) is 119 cm³/mol. The maximum absolute atomic E-state index is 12.8. The lowest BCUT2D eigenvalue weighted by atomic mass is 9.70. The van der Waals surface area contributed by atoms with E-state index in [1.54, 1.807) is 31.2 Å². The largest absolute Gasteiger partial charge is 0.349 e. The smallest absolute Gasteiger partial charge is 0.325 e. The third-order valence-electron chi connectivity index (χ3n) is 5.03. The highest BCUT2D eigenvalue weighted by Gasteiger charge is 2.33. The summed E-state index contributed by atoms with van der Waals surface area (Å²) in [5, 5.41) is 9.46. The molecule has 2 unspecified atom stereocenters. The molecule has 3 rings (SSSR count). The molecule has 156 valence electrons. The van der Waals surface area contributed by atoms with Crippen LogP contribution >= 0.6 is 22.9 Å². The highest BCUT2D eigenvalue weighted by atomic mass is 35.5. The fourth-order valence-electron chi connectivity index (χ4n) is 4.19. The van der Waals surface area contributed by atoms with E-state index in [9.17, 15) is 9.59 Å². The summed E-state index contributed by atoms with van der Waals surface area (Å²) >= 11 is 7.11. The summed E-state index contributed by atoms with van der Waals surface area (Å²) in [6.07, 6.45) is 3.13. The summed E-state index contributed by atoms with van der Waals surface area (Å²) in [5.41, 5.74) is 1.41. The van der Waals surface area contributed by atoms with Crippen LogP contribution in [0.15, 0.2) is 24.3 Å². The molecule has 1 aliphatic carbocycles. The van der Waals surface area contributed by atoms with Gasteiger partial charge in [0.1, 0.15) is 4.88 Å². The minimum Gasteiger partial charge on any atom is -0.349 e. The molecule has 1 aromatic carbocycles. The Balaban J connectivity index is 1.62. The molecular weight excluding hydrogens is 408 g/mol. The van der Waals surface area contributed by atoms with Crippen molar-refractivity contribution in [3.8, 4) is 0 Å². The Kier molecular flexibility index (Phi) is 6.49. The van der Waals surface area contributed by atoms with Crippen LogP contribution in [0.2, 0.25) is 5.02 Å². The third-order valence-corrected chi connectivity index (χ3v) is 6.33. The van der Waals surface area contributed by atoms with Gasteiger partial charge in [-0.1, -0.05) is 49.8 Å². The Hall–Kier alpha value is -2.12. The number of urea groups is 1. The average Bonchev–Trinajstić information content (AvgIpc) is 2.93. The summed E-state index contributed by atoms with van der Waals surface area (Å²) in [5.74, 6) is 0.456. The quantitative estimate of drug-likeness (QED) is 0.577. The SMILES string of the molecule is Cc1nc(NC(=O)Nc2cccc(Cl)c2)sc1C(=O)NC1CC(C)CC(C)(C)C1. The van der Waals surface area contributed by atoms with Crippen LogP contribution in [0.4, 0.5) is 15.6 Å². The molecule has 1 fully saturated rings. The van der Waals surface area contributed by atoms with Crippen LogP contribution in [0.25, 0.3) is 0 Å². The zero-order valence-electron chi connectivity index (χ0n) is 17.1. The molecule has 0 spiro atoms. The van der Waals surface area contributed by atoms with E-state index in [-0.39, 0.29) is 17.4 Å². The number of nitrogens with one attached hydrogen (secondary N) is 3. The molecule has 1 saturated carbocycles. The van der Waals surface area contributed by atoms with Crippen molar-refractivity contribution >= 4 is 45.7 Å². The second kappa shape index (κ2) is 8.71. The minimum atomic E-state index is -0.434. The normalized spacial score (nSPS) is 20.7. The molecule has 1 heterocycles. The van der Waals surface area contributed by atoms with E-state index >= 15 is 0 Å². The van der Waals surface area contributed by atoms with E-state index in [0.717, 1.165) is 12.8 Å². The Labute approximate surface area is 180 Å². The number of hydrogen-bond acceptors (Lipinski definition) is 4. The van der Waals surface area contributed by atoms with Gasteiger partial charge < -0.3 is 10.6 Å². The molecule has 0 saturated heterocycles. The van der Waals surface area contributed by atoms with Gasteiger partial charge >= 0.3 is 6.03 Å². The molecular formula is C21H27ClN4O2S. The Morgan fingerprint density at radius 1 is 1.24 bits per heavy atom. The lowest BCUT2D eigenvalue weighted by Crippen LogP contribution is -2.42. The number of aromatic nitrogens is 1. The lowest BCUT2D eigenvalue weighted by Gasteiger charge is -2.39. The van der Waals surface area contributed by atoms with Crippen LogP contribution in [0, 0.1) is 18.3 Å². The monoisotopic (exact) mass is 434 g/mol. The molecule has 0 radical (unpaired) electrons. The van der Waals surface area contributed by atoms with E-state index in [0.29, 0.717) is 32.3 Å². The summed E-state index contributed by atoms with van der Waals surface area (Å²) in [7, 11) is 0. The van der Waals surface area contributed by atoms with Gasteiger partial charge in [0, 0.05) is 16.8 Å². The van der Waals surface area contributed by atoms with Crippen molar-refractivity contribution < 1.29 is 9.59 Å². The predicted octanol–water partition coefficient (Wildman–Crippen LogP) is 5.69. The van der Waals surface area contributed by atoms with Crippen molar-refractivity contribution in [2.45, 2.75) is 53.0 Å². The first kappa shape index (κ1) is 21.6. The van der Waals surface area contributed by atoms with E-state index in [1.807, 2.05) is 0 Å². The molecule has 2 atom stereocenters. The van der Waals surface area contributed by atoms with Crippen molar-refractivity contribution in [1.29, 1.82) is 0 Å². The van der Waals surface area contributed by atoms with Crippen LogP contribution in [0.3, 0.4) is 0 Å². The Morgan fingerprint density at radius 2 is 2.00 bits per heavy atom. The Bertz CT molecular complexity index is 912. The van der Waals surface area contributed by atoms with Crippen LogP contribution < -0.4 is 16.0 Å². The summed E-state index contributed by atoms with van der Waals surface area (Å²) < 4.78 is 0. The van der Waals surface area contributed by atoms with Crippen LogP contribution in [-0.4, -0.2) is 23.0 Å². The van der Waals surface area contributed by atoms with Crippen LogP contribution in [0.5, 0.6) is 0 Å². The van der Waals surface area contributed by atoms with E-state index in [4.69, 9.17) is 11.6 Å². The van der Waals surface area contributed by atoms with Gasteiger partial charge in [0.05, 0.1) is 5.69 Å². The van der Waals surface area contributed by atoms with E-state index < -0.39 is 6.03 Å². The summed E-state index contributed by atoms with van der Waals surface area (Å²) in [6.45, 7) is 8.51. The molecule has 6 nitrogen and oxygen atoms in total. The average molecular weight is 435 g/mol. The standard InChI is InChI=1S/C21H27ClN4O2S/c1-12-8-16(11-21(3,4)10-12)24-18(27)17-13(2)23-20(29-17)26-19(28)25-15-7-5-6-14(22)9-15/h5-7,9,12,16H,8,10-11H2,1-4H3,(H,24,27)(H2,23,25,26,28). The second-order valence-electron chi connectivity index (χ2n) is 8.61. The van der Waals surface area contributed by atoms with Gasteiger partial charge in [-0.2, -0.15) is 0 Å². The number of thiazole rings is 1. The first-order chi connectivity index (χ1) is 13.6. The number of nitrogens with zero attached hydrogens (tertiary/aromatic N) is 1. The van der Waals surface area contributed by atoms with Crippen molar-refractivity contribution in [2.75, 3.05) is 10.6 Å². The fourth-order valence-corrected chi connectivity index (χ4v) is 5.25. The number of hydrogen-bond donors (Lipinski definition) is 3. The molecule has 3 N–H and O–H groups in total. The van der Waals surface area contributed by atoms with Crippen LogP contribution in [0.1, 0.15) is 55.4 Å². The van der Waals surface area contributed by atoms with Gasteiger partial charge in [-0.3, -0.25) is 10.1 Å². The first-order valence-corrected chi connectivity index (χ1v) is 10.9. The summed E-state index contributed by atoms with van der Waals surface area (Å²) in [6, 6.07) is 6.60. The van der Waals surface area contributed by atoms with Crippen molar-refractivity contribution in [3.63, 3.8) is 0 Å². The zero-order valence-corrected chi connectivity index (χ0v) is 18.7. The van der Waals surface area contributed by atoms with Gasteiger partial charge in [0.15, 0.2) is 5.13 Å². The molecule has 1 aliphatic rings. The van der Waals surface area contributed by atoms with E-state index in [2.05, 4.69) is 41.7 Å². The maximum atomic E-state index is 12.8. The zero-order chi connectivity index (χ0) is 21.2. The number of halogens is 1. The molecule has 3 amide bonds. The fraction of sp³-hybridized carbons (Fsp3) is 0.476. The number of anilines is 2. The number of carbonyl (C=O) groups is 2. The molecule has 0 bridgehead atoms. The number of rotatable bonds is 4. The van der Waals surface area contributed by atoms with Crippen molar-refractivity contribution in [2.24, 2.45) is 11.3 Å². The topological polar surface area (TPSA) is 83.1 Å². The van der Waals surface area contributed by atoms with Gasteiger partial charge in [-0.15, -0.1) is 0 Å². The molecule has 29 heavy (non-hydrogen) atoms. The third kappa shape index (κ3) is 5.93. The molecule has 0 aliphatic heterocycles. The number of benzene rings is 1. The molecule has 2 aromatic rings. The maximum Gasteiger partial charge on any atom is 0.325 e. The molecule has 8 heteroatoms. The van der Waals surface area contributed by atoms with E-state index in [1.165, 1.54) is 17.8 Å². The van der Waals surface area contributed by atoms with Gasteiger partial charge in [0.25, 0.3) is 5.91 Å². The van der Waals surface area contributed by atoms with Crippen molar-refractivity contribution in [3.05, 3.63) is 39.9 Å². The summed E-state index contributed by atoms with van der Waals surface area (Å²) in [4.78, 5) is 29.9. The minimum absolute atomic E-state index is 0.127. The van der Waals surface area contributed by atoms with Gasteiger partial charge in [-0.25, -0.2) is 9.78 Å². The highest BCUT2D eigenvalue weighted by Crippen LogP contribution is 2.38. The number of carbonyl (C=O) groups excluding carboxylic acids is 2. The van der Waals surface area contributed by atoms with Crippen molar-refractivity contribution in [1.82, 2.24) is 10.3 Å². The van der Waals surface area contributed by atoms with Crippen LogP contribution in [-0.2, 0) is 0 Å². The first-order valence-electron chi connectivity index (χ1n) is 9.73. The molecule has 1 aromatic heterocycles. The number of aryl methyl sites for hydroxylation is 1. The van der Waals surface area contributed by atoms with Gasteiger partial charge in [-0.05, 0) is 55.7 Å². The number of amides is 3.